The van der Waals surface area contributed by atoms with Crippen LogP contribution in [0.3, 0.4) is 0 Å². The van der Waals surface area contributed by atoms with E-state index in [1.165, 1.54) is 16.7 Å². The van der Waals surface area contributed by atoms with E-state index < -0.39 is 66.2 Å². The summed E-state index contributed by atoms with van der Waals surface area (Å²) in [6.45, 7) is 0.239. The molecule has 0 aromatic rings. The Morgan fingerprint density at radius 2 is 1.71 bits per heavy atom. The fourth-order valence-electron chi connectivity index (χ4n) is 3.50. The quantitative estimate of drug-likeness (QED) is 0.148. The van der Waals surface area contributed by atoms with Gasteiger partial charge < -0.3 is 37.2 Å². The molecule has 1 rings (SSSR count). The predicted octanol–water partition coefficient (Wildman–Crippen LogP) is -1.76. The van der Waals surface area contributed by atoms with E-state index in [0.717, 1.165) is 0 Å². The number of carbonyl (C=O) groups is 6. The second kappa shape index (κ2) is 14.4. The van der Waals surface area contributed by atoms with Crippen molar-refractivity contribution >= 4 is 47.3 Å². The summed E-state index contributed by atoms with van der Waals surface area (Å²) in [4.78, 5) is 72.8. The van der Waals surface area contributed by atoms with E-state index in [2.05, 4.69) is 10.6 Å². The number of hydrogen-bond donors (Lipinski definition) is 6. The Morgan fingerprint density at radius 1 is 1.03 bits per heavy atom. The number of hydrogen-bond acceptors (Lipinski definition) is 8. The fourth-order valence-corrected chi connectivity index (χ4v) is 3.97. The van der Waals surface area contributed by atoms with E-state index in [4.69, 9.17) is 16.6 Å². The van der Waals surface area contributed by atoms with Crippen LogP contribution in [0.2, 0.25) is 0 Å². The molecule has 1 fully saturated rings. The minimum absolute atomic E-state index is 0.0201. The Kier molecular flexibility index (Phi) is 12.4. The standard InChI is InChI=1S/C20H33N5O8S/c1-34-10-8-12(23-17(29)11(21)4-6-15(22)26)19(31)25-9-2-3-14(25)18(30)24-13(20(32)33)5-7-16(27)28/h11-14H,2-10,21H2,1H3,(H2,22,26)(H,23,29)(H,24,30)(H,27,28)(H,32,33). The number of carboxylic acids is 2. The third-order valence-electron chi connectivity index (χ3n) is 5.36. The fraction of sp³-hybridized carbons (Fsp3) is 0.700. The maximum absolute atomic E-state index is 13.2. The topological polar surface area (TPSA) is 222 Å². The smallest absolute Gasteiger partial charge is 0.326 e. The van der Waals surface area contributed by atoms with Crippen LogP contribution in [-0.2, 0) is 28.8 Å². The lowest BCUT2D eigenvalue weighted by molar-refractivity contribution is -0.145. The van der Waals surface area contributed by atoms with Crippen LogP contribution in [0.1, 0.15) is 44.9 Å². The molecule has 1 aliphatic rings. The first-order valence-corrected chi connectivity index (χ1v) is 12.3. The number of carbonyl (C=O) groups excluding carboxylic acids is 4. The maximum Gasteiger partial charge on any atom is 0.326 e. The van der Waals surface area contributed by atoms with Gasteiger partial charge in [-0.2, -0.15) is 11.8 Å². The molecule has 0 spiro atoms. The van der Waals surface area contributed by atoms with Gasteiger partial charge in [0.15, 0.2) is 0 Å². The highest BCUT2D eigenvalue weighted by Gasteiger charge is 2.39. The van der Waals surface area contributed by atoms with Crippen LogP contribution in [0.25, 0.3) is 0 Å². The molecule has 34 heavy (non-hydrogen) atoms. The minimum Gasteiger partial charge on any atom is -0.481 e. The molecule has 4 amide bonds. The number of primary amides is 1. The van der Waals surface area contributed by atoms with Gasteiger partial charge in [-0.1, -0.05) is 0 Å². The highest BCUT2D eigenvalue weighted by Crippen LogP contribution is 2.20. The molecule has 0 aromatic carbocycles. The van der Waals surface area contributed by atoms with E-state index >= 15 is 0 Å². The zero-order valence-electron chi connectivity index (χ0n) is 19.0. The largest absolute Gasteiger partial charge is 0.481 e. The lowest BCUT2D eigenvalue weighted by Crippen LogP contribution is -2.57. The molecule has 1 saturated heterocycles. The number of aliphatic carboxylic acids is 2. The molecule has 8 N–H and O–H groups in total. The second-order valence-electron chi connectivity index (χ2n) is 7.98. The van der Waals surface area contributed by atoms with E-state index in [0.29, 0.717) is 18.6 Å². The summed E-state index contributed by atoms with van der Waals surface area (Å²) in [7, 11) is 0. The van der Waals surface area contributed by atoms with E-state index in [1.54, 1.807) is 0 Å². The summed E-state index contributed by atoms with van der Waals surface area (Å²) in [5.41, 5.74) is 10.9. The molecule has 0 saturated carbocycles. The van der Waals surface area contributed by atoms with E-state index in [-0.39, 0.29) is 32.2 Å². The molecular formula is C20H33N5O8S. The summed E-state index contributed by atoms with van der Waals surface area (Å²) in [5, 5.41) is 23.0. The van der Waals surface area contributed by atoms with Gasteiger partial charge in [0.1, 0.15) is 18.1 Å². The Morgan fingerprint density at radius 3 is 2.26 bits per heavy atom. The van der Waals surface area contributed by atoms with Crippen molar-refractivity contribution in [2.75, 3.05) is 18.6 Å². The van der Waals surface area contributed by atoms with Gasteiger partial charge in [-0.05, 0) is 44.1 Å². The van der Waals surface area contributed by atoms with Crippen molar-refractivity contribution in [1.82, 2.24) is 15.5 Å². The monoisotopic (exact) mass is 503 g/mol. The number of carboxylic acid groups (broad SMARTS) is 2. The van der Waals surface area contributed by atoms with Crippen LogP contribution in [0, 0.1) is 0 Å². The van der Waals surface area contributed by atoms with Gasteiger partial charge in [0.2, 0.25) is 23.6 Å². The summed E-state index contributed by atoms with van der Waals surface area (Å²) in [6.07, 6.45) is 2.09. The SMILES string of the molecule is CSCCC(NC(=O)C(N)CCC(N)=O)C(=O)N1CCCC1C(=O)NC(CCC(=O)O)C(=O)O. The molecule has 0 aliphatic carbocycles. The molecule has 4 unspecified atom stereocenters. The van der Waals surface area contributed by atoms with Crippen molar-refractivity contribution in [3.8, 4) is 0 Å². The molecule has 1 aliphatic heterocycles. The second-order valence-corrected chi connectivity index (χ2v) is 8.96. The molecule has 192 valence electrons. The van der Waals surface area contributed by atoms with Gasteiger partial charge >= 0.3 is 11.9 Å². The third kappa shape index (κ3) is 9.55. The van der Waals surface area contributed by atoms with Crippen molar-refractivity contribution in [3.63, 3.8) is 0 Å². The summed E-state index contributed by atoms with van der Waals surface area (Å²) in [6, 6.07) is -4.36. The number of thioether (sulfide) groups is 1. The van der Waals surface area contributed by atoms with Crippen molar-refractivity contribution in [2.24, 2.45) is 11.5 Å². The molecule has 4 atom stereocenters. The number of nitrogens with two attached hydrogens (primary N) is 2. The van der Waals surface area contributed by atoms with Crippen molar-refractivity contribution < 1.29 is 39.0 Å². The van der Waals surface area contributed by atoms with Gasteiger partial charge in [0, 0.05) is 19.4 Å². The van der Waals surface area contributed by atoms with Crippen molar-refractivity contribution in [3.05, 3.63) is 0 Å². The maximum atomic E-state index is 13.2. The Labute approximate surface area is 201 Å². The van der Waals surface area contributed by atoms with Crippen LogP contribution >= 0.6 is 11.8 Å². The Hall–Kier alpha value is -2.87. The summed E-state index contributed by atoms with van der Waals surface area (Å²) in [5.74, 6) is -4.46. The van der Waals surface area contributed by atoms with Crippen LogP contribution in [-0.4, -0.2) is 93.4 Å². The first kappa shape index (κ1) is 29.2. The molecule has 0 bridgehead atoms. The van der Waals surface area contributed by atoms with Gasteiger partial charge in [0.05, 0.1) is 6.04 Å². The van der Waals surface area contributed by atoms with Crippen LogP contribution in [0.4, 0.5) is 0 Å². The van der Waals surface area contributed by atoms with Gasteiger partial charge in [-0.15, -0.1) is 0 Å². The minimum atomic E-state index is -1.41. The molecule has 0 aromatic heterocycles. The average molecular weight is 504 g/mol. The lowest BCUT2D eigenvalue weighted by Gasteiger charge is -2.30. The van der Waals surface area contributed by atoms with Gasteiger partial charge in [0.25, 0.3) is 0 Å². The number of amides is 4. The average Bonchev–Trinajstić information content (AvgIpc) is 3.26. The van der Waals surface area contributed by atoms with Crippen LogP contribution in [0.15, 0.2) is 0 Å². The molecule has 0 radical (unpaired) electrons. The van der Waals surface area contributed by atoms with E-state index in [9.17, 15) is 33.9 Å². The number of rotatable bonds is 15. The van der Waals surface area contributed by atoms with E-state index in [1.807, 2.05) is 6.26 Å². The zero-order valence-corrected chi connectivity index (χ0v) is 19.8. The van der Waals surface area contributed by atoms with Crippen LogP contribution < -0.4 is 22.1 Å². The molecule has 1 heterocycles. The first-order valence-electron chi connectivity index (χ1n) is 10.9. The van der Waals surface area contributed by atoms with Crippen LogP contribution in [0.5, 0.6) is 0 Å². The van der Waals surface area contributed by atoms with Crippen molar-refractivity contribution in [2.45, 2.75) is 69.1 Å². The Balaban J connectivity index is 2.89. The number of likely N-dealkylation sites (tertiary alicyclic amines) is 1. The highest BCUT2D eigenvalue weighted by atomic mass is 32.2. The number of nitrogens with one attached hydrogen (secondary N) is 2. The highest BCUT2D eigenvalue weighted by molar-refractivity contribution is 7.98. The van der Waals surface area contributed by atoms with Crippen molar-refractivity contribution in [1.29, 1.82) is 0 Å². The normalized spacial score (nSPS) is 17.9. The lowest BCUT2D eigenvalue weighted by atomic mass is 10.1. The molecule has 14 heteroatoms. The Bertz CT molecular complexity index is 780. The van der Waals surface area contributed by atoms with Gasteiger partial charge in [-0.25, -0.2) is 4.79 Å². The molecular weight excluding hydrogens is 470 g/mol. The number of nitrogens with zero attached hydrogens (tertiary/aromatic N) is 1. The molecule has 13 nitrogen and oxygen atoms in total. The van der Waals surface area contributed by atoms with Gasteiger partial charge in [-0.3, -0.25) is 24.0 Å². The first-order chi connectivity index (χ1) is 16.0. The third-order valence-corrected chi connectivity index (χ3v) is 6.01. The predicted molar refractivity (Wildman–Crippen MR) is 123 cm³/mol. The summed E-state index contributed by atoms with van der Waals surface area (Å²) < 4.78 is 0. The zero-order chi connectivity index (χ0) is 25.8. The summed E-state index contributed by atoms with van der Waals surface area (Å²) >= 11 is 1.46.